The maximum absolute atomic E-state index is 12.0. The van der Waals surface area contributed by atoms with Gasteiger partial charge in [-0.25, -0.2) is 5.10 Å². The van der Waals surface area contributed by atoms with Crippen LogP contribution in [0.2, 0.25) is 0 Å². The Hall–Kier alpha value is -2.90. The predicted molar refractivity (Wildman–Crippen MR) is 67.0 cm³/mol. The average Bonchev–Trinajstić information content (AvgIpc) is 3.05. The number of hydrogen-bond acceptors (Lipinski definition) is 5. The molecule has 0 unspecified atom stereocenters. The predicted octanol–water partition coefficient (Wildman–Crippen LogP) is 0.942. The third kappa shape index (κ3) is 2.10. The van der Waals surface area contributed by atoms with Gasteiger partial charge in [-0.05, 0) is 12.1 Å². The minimum Gasteiger partial charge on any atom is -0.466 e. The van der Waals surface area contributed by atoms with Crippen molar-refractivity contribution >= 4 is 22.8 Å². The summed E-state index contributed by atoms with van der Waals surface area (Å²) in [7, 11) is 1.45. The van der Waals surface area contributed by atoms with Gasteiger partial charge in [-0.1, -0.05) is 6.07 Å². The van der Waals surface area contributed by atoms with Crippen molar-refractivity contribution in [3.63, 3.8) is 0 Å². The molecule has 0 radical (unpaired) electrons. The number of rotatable bonds is 3. The van der Waals surface area contributed by atoms with Crippen molar-refractivity contribution in [3.8, 4) is 6.01 Å². The number of methoxy groups -OCH3 is 1. The third-order valence-electron chi connectivity index (χ3n) is 2.58. The smallest absolute Gasteiger partial charge is 0.336 e. The lowest BCUT2D eigenvalue weighted by molar-refractivity contribution is 0.102. The Morgan fingerprint density at radius 1 is 1.37 bits per heavy atom. The summed E-state index contributed by atoms with van der Waals surface area (Å²) in [6.45, 7) is 0. The summed E-state index contributed by atoms with van der Waals surface area (Å²) in [5.41, 5.74) is 1.29. The van der Waals surface area contributed by atoms with Crippen LogP contribution < -0.4 is 10.1 Å². The monoisotopic (exact) mass is 258 g/mol. The number of nitrogens with zero attached hydrogens (tertiary/aromatic N) is 3. The minimum atomic E-state index is -0.296. The Bertz CT molecular complexity index is 731. The minimum absolute atomic E-state index is 0.166. The quantitative estimate of drug-likeness (QED) is 0.647. The van der Waals surface area contributed by atoms with Crippen molar-refractivity contribution in [2.75, 3.05) is 12.4 Å². The van der Waals surface area contributed by atoms with E-state index >= 15 is 0 Å². The summed E-state index contributed by atoms with van der Waals surface area (Å²) < 4.78 is 4.81. The number of ether oxygens (including phenoxy) is 1. The molecule has 3 rings (SSSR count). The zero-order valence-electron chi connectivity index (χ0n) is 9.97. The molecule has 8 heteroatoms. The van der Waals surface area contributed by atoms with Gasteiger partial charge in [0.2, 0.25) is 5.95 Å². The molecule has 0 saturated carbocycles. The Labute approximate surface area is 107 Å². The number of aromatic nitrogens is 5. The van der Waals surface area contributed by atoms with E-state index in [2.05, 4.69) is 30.7 Å². The Morgan fingerprint density at radius 2 is 2.26 bits per heavy atom. The van der Waals surface area contributed by atoms with E-state index in [0.29, 0.717) is 5.56 Å². The van der Waals surface area contributed by atoms with Crippen LogP contribution in [0.3, 0.4) is 0 Å². The largest absolute Gasteiger partial charge is 0.466 e. The number of anilines is 1. The molecule has 0 aliphatic rings. The van der Waals surface area contributed by atoms with Crippen molar-refractivity contribution in [1.82, 2.24) is 25.4 Å². The van der Waals surface area contributed by atoms with E-state index in [0.717, 1.165) is 10.9 Å². The van der Waals surface area contributed by atoms with Crippen LogP contribution >= 0.6 is 0 Å². The SMILES string of the molecule is COc1n[nH]c(NC(=O)c2ccc3cn[nH]c3c2)n1. The highest BCUT2D eigenvalue weighted by Crippen LogP contribution is 2.14. The molecule has 0 spiro atoms. The molecule has 0 aliphatic carbocycles. The number of fused-ring (bicyclic) bond motifs is 1. The number of carbonyl (C=O) groups is 1. The molecule has 0 fully saturated rings. The lowest BCUT2D eigenvalue weighted by atomic mass is 10.1. The number of benzene rings is 1. The Morgan fingerprint density at radius 3 is 3.05 bits per heavy atom. The lowest BCUT2D eigenvalue weighted by Crippen LogP contribution is -2.12. The maximum Gasteiger partial charge on any atom is 0.336 e. The zero-order chi connectivity index (χ0) is 13.2. The molecule has 1 aromatic carbocycles. The van der Waals surface area contributed by atoms with Crippen LogP contribution in [0.5, 0.6) is 6.01 Å². The fraction of sp³-hybridized carbons (Fsp3) is 0.0909. The number of H-pyrrole nitrogens is 2. The summed E-state index contributed by atoms with van der Waals surface area (Å²) in [5.74, 6) is -0.0677. The highest BCUT2D eigenvalue weighted by molar-refractivity contribution is 6.05. The van der Waals surface area contributed by atoms with Gasteiger partial charge < -0.3 is 4.74 Å². The van der Waals surface area contributed by atoms with E-state index in [-0.39, 0.29) is 17.9 Å². The zero-order valence-corrected chi connectivity index (χ0v) is 9.97. The summed E-state index contributed by atoms with van der Waals surface area (Å²) in [6.07, 6.45) is 1.69. The van der Waals surface area contributed by atoms with Crippen LogP contribution in [0.4, 0.5) is 5.95 Å². The van der Waals surface area contributed by atoms with Gasteiger partial charge in [0.25, 0.3) is 5.91 Å². The van der Waals surface area contributed by atoms with Gasteiger partial charge in [0.1, 0.15) is 0 Å². The number of nitrogens with one attached hydrogen (secondary N) is 3. The molecule has 2 aromatic heterocycles. The fourth-order valence-corrected chi connectivity index (χ4v) is 1.65. The fourth-order valence-electron chi connectivity index (χ4n) is 1.65. The second kappa shape index (κ2) is 4.41. The van der Waals surface area contributed by atoms with Crippen molar-refractivity contribution < 1.29 is 9.53 Å². The van der Waals surface area contributed by atoms with E-state index in [1.807, 2.05) is 6.07 Å². The van der Waals surface area contributed by atoms with Gasteiger partial charge in [-0.15, -0.1) is 5.10 Å². The summed E-state index contributed by atoms with van der Waals surface area (Å²) in [5, 5.41) is 16.5. The number of carbonyl (C=O) groups excluding carboxylic acids is 1. The number of amides is 1. The number of aromatic amines is 2. The van der Waals surface area contributed by atoms with Gasteiger partial charge in [0.15, 0.2) is 0 Å². The van der Waals surface area contributed by atoms with Gasteiger partial charge in [0, 0.05) is 10.9 Å². The molecular weight excluding hydrogens is 248 g/mol. The first-order valence-corrected chi connectivity index (χ1v) is 5.47. The Kier molecular flexibility index (Phi) is 2.60. The highest BCUT2D eigenvalue weighted by atomic mass is 16.5. The summed E-state index contributed by atoms with van der Waals surface area (Å²) in [4.78, 5) is 15.9. The standard InChI is InChI=1S/C11H10N6O2/c1-19-11-14-10(16-17-11)13-9(18)6-2-3-7-5-12-15-8(7)4-6/h2-5H,1H3,(H,12,15)(H2,13,14,16,17,18). The maximum atomic E-state index is 12.0. The number of hydrogen-bond donors (Lipinski definition) is 3. The molecular formula is C11H10N6O2. The second-order valence-corrected chi connectivity index (χ2v) is 3.80. The molecule has 0 aliphatic heterocycles. The molecule has 19 heavy (non-hydrogen) atoms. The lowest BCUT2D eigenvalue weighted by Gasteiger charge is -2.01. The molecule has 3 aromatic rings. The Balaban J connectivity index is 1.82. The molecule has 0 atom stereocenters. The molecule has 0 bridgehead atoms. The van der Waals surface area contributed by atoms with Crippen LogP contribution in [-0.4, -0.2) is 38.4 Å². The summed E-state index contributed by atoms with van der Waals surface area (Å²) in [6, 6.07) is 5.40. The average molecular weight is 258 g/mol. The summed E-state index contributed by atoms with van der Waals surface area (Å²) >= 11 is 0. The third-order valence-corrected chi connectivity index (χ3v) is 2.58. The van der Waals surface area contributed by atoms with Gasteiger partial charge >= 0.3 is 6.01 Å². The molecule has 0 saturated heterocycles. The van der Waals surface area contributed by atoms with Gasteiger partial charge in [-0.3, -0.25) is 15.2 Å². The van der Waals surface area contributed by atoms with E-state index < -0.39 is 0 Å². The van der Waals surface area contributed by atoms with Crippen molar-refractivity contribution in [3.05, 3.63) is 30.0 Å². The molecule has 3 N–H and O–H groups in total. The first kappa shape index (κ1) is 11.2. The van der Waals surface area contributed by atoms with Crippen LogP contribution in [0, 0.1) is 0 Å². The van der Waals surface area contributed by atoms with Crippen LogP contribution in [0.15, 0.2) is 24.4 Å². The van der Waals surface area contributed by atoms with Crippen molar-refractivity contribution in [2.24, 2.45) is 0 Å². The van der Waals surface area contributed by atoms with E-state index in [9.17, 15) is 4.79 Å². The molecule has 8 nitrogen and oxygen atoms in total. The highest BCUT2D eigenvalue weighted by Gasteiger charge is 2.10. The van der Waals surface area contributed by atoms with Crippen LogP contribution in [0.1, 0.15) is 10.4 Å². The van der Waals surface area contributed by atoms with Crippen LogP contribution in [-0.2, 0) is 0 Å². The van der Waals surface area contributed by atoms with E-state index in [1.54, 1.807) is 18.3 Å². The first-order chi connectivity index (χ1) is 9.26. The molecule has 1 amide bonds. The second-order valence-electron chi connectivity index (χ2n) is 3.80. The van der Waals surface area contributed by atoms with Crippen molar-refractivity contribution in [1.29, 1.82) is 0 Å². The van der Waals surface area contributed by atoms with Crippen LogP contribution in [0.25, 0.3) is 10.9 Å². The molecule has 2 heterocycles. The normalized spacial score (nSPS) is 10.6. The first-order valence-electron chi connectivity index (χ1n) is 5.47. The van der Waals surface area contributed by atoms with Gasteiger partial charge in [-0.2, -0.15) is 10.1 Å². The topological polar surface area (TPSA) is 109 Å². The van der Waals surface area contributed by atoms with Gasteiger partial charge in [0.05, 0.1) is 18.8 Å². The van der Waals surface area contributed by atoms with E-state index in [4.69, 9.17) is 4.74 Å². The molecule has 96 valence electrons. The van der Waals surface area contributed by atoms with E-state index in [1.165, 1.54) is 7.11 Å². The van der Waals surface area contributed by atoms with Crippen molar-refractivity contribution in [2.45, 2.75) is 0 Å².